The van der Waals surface area contributed by atoms with E-state index in [4.69, 9.17) is 0 Å². The van der Waals surface area contributed by atoms with Crippen molar-refractivity contribution in [3.05, 3.63) is 59.7 Å². The Balaban J connectivity index is 1.79. The molecule has 1 amide bonds. The third kappa shape index (κ3) is 5.25. The summed E-state index contributed by atoms with van der Waals surface area (Å²) in [6, 6.07) is 13.2. The molecule has 2 aromatic rings. The first kappa shape index (κ1) is 23.2. The number of carbonyl (C=O) groups is 1. The third-order valence-electron chi connectivity index (χ3n) is 5.30. The molecule has 168 valence electrons. The molecule has 0 radical (unpaired) electrons. The molecule has 3 rings (SSSR count). The van der Waals surface area contributed by atoms with Crippen molar-refractivity contribution in [1.82, 2.24) is 9.62 Å². The van der Waals surface area contributed by atoms with Crippen LogP contribution in [0.1, 0.15) is 30.0 Å². The molecule has 0 spiro atoms. The quantitative estimate of drug-likeness (QED) is 0.673. The number of sulfonamides is 2. The van der Waals surface area contributed by atoms with E-state index in [0.29, 0.717) is 0 Å². The minimum atomic E-state index is -3.77. The molecular weight excluding hydrogens is 438 g/mol. The number of anilines is 1. The van der Waals surface area contributed by atoms with Crippen molar-refractivity contribution in [2.24, 2.45) is 0 Å². The summed E-state index contributed by atoms with van der Waals surface area (Å²) in [5, 5.41) is 2.95. The molecule has 31 heavy (non-hydrogen) atoms. The summed E-state index contributed by atoms with van der Waals surface area (Å²) in [6.45, 7) is -0.392. The highest BCUT2D eigenvalue weighted by molar-refractivity contribution is 7.92. The van der Waals surface area contributed by atoms with E-state index < -0.39 is 32.5 Å². The van der Waals surface area contributed by atoms with E-state index in [2.05, 4.69) is 5.32 Å². The van der Waals surface area contributed by atoms with Gasteiger partial charge in [-0.3, -0.25) is 9.10 Å². The second-order valence-electron chi connectivity index (χ2n) is 7.76. The van der Waals surface area contributed by atoms with Crippen LogP contribution in [0.4, 0.5) is 5.69 Å². The van der Waals surface area contributed by atoms with E-state index in [1.165, 1.54) is 43.9 Å². The summed E-state index contributed by atoms with van der Waals surface area (Å²) in [7, 11) is -4.57. The van der Waals surface area contributed by atoms with Crippen LogP contribution in [0.25, 0.3) is 0 Å². The van der Waals surface area contributed by atoms with Crippen molar-refractivity contribution in [2.45, 2.75) is 30.2 Å². The Morgan fingerprint density at radius 3 is 2.29 bits per heavy atom. The van der Waals surface area contributed by atoms with Crippen molar-refractivity contribution in [1.29, 1.82) is 0 Å². The third-order valence-corrected chi connectivity index (χ3v) is 8.27. The van der Waals surface area contributed by atoms with Crippen LogP contribution < -0.4 is 9.62 Å². The highest BCUT2D eigenvalue weighted by Gasteiger charge is 2.26. The van der Waals surface area contributed by atoms with Gasteiger partial charge in [-0.2, -0.15) is 0 Å². The van der Waals surface area contributed by atoms with Crippen molar-refractivity contribution in [2.75, 3.05) is 31.2 Å². The van der Waals surface area contributed by atoms with Gasteiger partial charge in [-0.15, -0.1) is 0 Å². The molecule has 10 heteroatoms. The largest absolute Gasteiger partial charge is 0.348 e. The zero-order valence-corrected chi connectivity index (χ0v) is 19.4. The summed E-state index contributed by atoms with van der Waals surface area (Å²) in [6.07, 6.45) is 3.71. The van der Waals surface area contributed by atoms with Gasteiger partial charge in [-0.05, 0) is 54.7 Å². The number of rotatable bonds is 7. The van der Waals surface area contributed by atoms with E-state index in [0.717, 1.165) is 39.7 Å². The number of fused-ring (bicyclic) bond motifs is 1. The highest BCUT2D eigenvalue weighted by Crippen LogP contribution is 2.29. The Kier molecular flexibility index (Phi) is 6.73. The fourth-order valence-electron chi connectivity index (χ4n) is 3.67. The van der Waals surface area contributed by atoms with E-state index in [1.807, 2.05) is 24.3 Å². The van der Waals surface area contributed by atoms with Gasteiger partial charge in [0.2, 0.25) is 26.0 Å². The van der Waals surface area contributed by atoms with Crippen LogP contribution in [-0.2, 0) is 31.3 Å². The van der Waals surface area contributed by atoms with Gasteiger partial charge >= 0.3 is 0 Å². The van der Waals surface area contributed by atoms with Gasteiger partial charge in [-0.1, -0.05) is 24.3 Å². The van der Waals surface area contributed by atoms with E-state index in [-0.39, 0.29) is 16.6 Å². The molecule has 8 nitrogen and oxygen atoms in total. The van der Waals surface area contributed by atoms with Crippen LogP contribution in [0.3, 0.4) is 0 Å². The second-order valence-corrected chi connectivity index (χ2v) is 11.8. The van der Waals surface area contributed by atoms with E-state index >= 15 is 0 Å². The molecule has 0 saturated heterocycles. The summed E-state index contributed by atoms with van der Waals surface area (Å²) in [5.41, 5.74) is 2.47. The molecule has 0 heterocycles. The maximum absolute atomic E-state index is 12.7. The first-order valence-electron chi connectivity index (χ1n) is 9.87. The van der Waals surface area contributed by atoms with Gasteiger partial charge in [0.15, 0.2) is 0 Å². The van der Waals surface area contributed by atoms with E-state index in [9.17, 15) is 21.6 Å². The summed E-state index contributed by atoms with van der Waals surface area (Å²) in [4.78, 5) is 12.8. The predicted molar refractivity (Wildman–Crippen MR) is 120 cm³/mol. The Bertz CT molecular complexity index is 1160. The summed E-state index contributed by atoms with van der Waals surface area (Å²) >= 11 is 0. The standard InChI is InChI=1S/C21H27N3O5S2/c1-23(2)31(28,29)18-13-11-17(12-14-18)24(30(3,26)27)15-21(25)22-20-10-6-8-16-7-4-5-9-19(16)20/h4-5,7,9,11-14,20H,6,8,10,15H2,1-3H3,(H,22,25). The summed E-state index contributed by atoms with van der Waals surface area (Å²) < 4.78 is 51.3. The number of aryl methyl sites for hydroxylation is 1. The first-order valence-corrected chi connectivity index (χ1v) is 13.2. The molecule has 1 unspecified atom stereocenters. The molecule has 0 bridgehead atoms. The van der Waals surface area contributed by atoms with Crippen LogP contribution in [0.15, 0.2) is 53.4 Å². The van der Waals surface area contributed by atoms with Gasteiger partial charge in [-0.25, -0.2) is 21.1 Å². The minimum absolute atomic E-state index is 0.0398. The Labute approximate surface area is 184 Å². The number of hydrogen-bond donors (Lipinski definition) is 1. The molecule has 0 aliphatic heterocycles. The fraction of sp³-hybridized carbons (Fsp3) is 0.381. The second kappa shape index (κ2) is 8.97. The molecule has 0 aromatic heterocycles. The number of hydrogen-bond acceptors (Lipinski definition) is 5. The Morgan fingerprint density at radius 1 is 1.03 bits per heavy atom. The smallest absolute Gasteiger partial charge is 0.242 e. The van der Waals surface area contributed by atoms with Crippen LogP contribution in [-0.4, -0.2) is 53.9 Å². The van der Waals surface area contributed by atoms with Crippen molar-refractivity contribution >= 4 is 31.6 Å². The lowest BCUT2D eigenvalue weighted by Crippen LogP contribution is -2.42. The van der Waals surface area contributed by atoms with Gasteiger partial charge in [0.1, 0.15) is 6.54 Å². The highest BCUT2D eigenvalue weighted by atomic mass is 32.2. The Morgan fingerprint density at radius 2 is 1.68 bits per heavy atom. The first-order chi connectivity index (χ1) is 14.5. The van der Waals surface area contributed by atoms with Crippen LogP contribution in [0.5, 0.6) is 0 Å². The number of nitrogens with one attached hydrogen (secondary N) is 1. The minimum Gasteiger partial charge on any atom is -0.348 e. The topological polar surface area (TPSA) is 104 Å². The lowest BCUT2D eigenvalue weighted by Gasteiger charge is -2.28. The molecule has 0 saturated carbocycles. The summed E-state index contributed by atoms with van der Waals surface area (Å²) in [5.74, 6) is -0.419. The van der Waals surface area contributed by atoms with E-state index in [1.54, 1.807) is 0 Å². The van der Waals surface area contributed by atoms with Crippen LogP contribution in [0, 0.1) is 0 Å². The molecule has 0 fully saturated rings. The zero-order chi connectivity index (χ0) is 22.8. The molecule has 1 aliphatic rings. The SMILES string of the molecule is CN(C)S(=O)(=O)c1ccc(N(CC(=O)NC2CCCc3ccccc32)S(C)(=O)=O)cc1. The van der Waals surface area contributed by atoms with Crippen molar-refractivity contribution in [3.8, 4) is 0 Å². The predicted octanol–water partition coefficient (Wildman–Crippen LogP) is 1.90. The van der Waals surface area contributed by atoms with Gasteiger partial charge < -0.3 is 5.32 Å². The van der Waals surface area contributed by atoms with Crippen LogP contribution >= 0.6 is 0 Å². The average molecular weight is 466 g/mol. The monoisotopic (exact) mass is 465 g/mol. The Hall–Kier alpha value is -2.43. The number of nitrogens with zero attached hydrogens (tertiary/aromatic N) is 2. The number of amides is 1. The van der Waals surface area contributed by atoms with Gasteiger partial charge in [0, 0.05) is 14.1 Å². The lowest BCUT2D eigenvalue weighted by molar-refractivity contribution is -0.120. The van der Waals surface area contributed by atoms with Crippen molar-refractivity contribution < 1.29 is 21.6 Å². The molecule has 1 aliphatic carbocycles. The maximum Gasteiger partial charge on any atom is 0.242 e. The zero-order valence-electron chi connectivity index (χ0n) is 17.8. The van der Waals surface area contributed by atoms with Crippen molar-refractivity contribution in [3.63, 3.8) is 0 Å². The van der Waals surface area contributed by atoms with Gasteiger partial charge in [0.05, 0.1) is 22.9 Å². The molecule has 1 N–H and O–H groups in total. The maximum atomic E-state index is 12.7. The normalized spacial score (nSPS) is 16.6. The average Bonchev–Trinajstić information content (AvgIpc) is 2.71. The molecule has 2 aromatic carbocycles. The van der Waals surface area contributed by atoms with Crippen LogP contribution in [0.2, 0.25) is 0 Å². The fourth-order valence-corrected chi connectivity index (χ4v) is 5.43. The molecule has 1 atom stereocenters. The number of benzene rings is 2. The number of carbonyl (C=O) groups excluding carboxylic acids is 1. The lowest BCUT2D eigenvalue weighted by atomic mass is 9.88. The molecular formula is C21H27N3O5S2. The van der Waals surface area contributed by atoms with Gasteiger partial charge in [0.25, 0.3) is 0 Å².